The Morgan fingerprint density at radius 3 is 2.32 bits per heavy atom. The quantitative estimate of drug-likeness (QED) is 0.820. The molecule has 0 N–H and O–H groups in total. The number of aromatic nitrogens is 2. The van der Waals surface area contributed by atoms with Crippen molar-refractivity contribution in [1.82, 2.24) is 18.9 Å². The van der Waals surface area contributed by atoms with Crippen molar-refractivity contribution in [2.45, 2.75) is 45.1 Å². The molecule has 0 spiro atoms. The summed E-state index contributed by atoms with van der Waals surface area (Å²) in [5.41, 5.74) is 0.375. The molecule has 1 aromatic rings. The van der Waals surface area contributed by atoms with Gasteiger partial charge in [-0.05, 0) is 51.2 Å². The van der Waals surface area contributed by atoms with Crippen molar-refractivity contribution in [3.05, 3.63) is 32.6 Å². The van der Waals surface area contributed by atoms with Crippen LogP contribution in [-0.2, 0) is 20.6 Å². The molecule has 0 unspecified atom stereocenters. The molecule has 140 valence electrons. The third-order valence-electron chi connectivity index (χ3n) is 5.83. The minimum absolute atomic E-state index is 0.212. The molecule has 0 saturated carbocycles. The normalized spacial score (nSPS) is 23.5. The van der Waals surface area contributed by atoms with Crippen LogP contribution in [-0.4, -0.2) is 51.7 Å². The summed E-state index contributed by atoms with van der Waals surface area (Å²) < 4.78 is 2.78. The first-order valence-corrected chi connectivity index (χ1v) is 9.75. The van der Waals surface area contributed by atoms with E-state index in [2.05, 4.69) is 9.80 Å². The minimum Gasteiger partial charge on any atom is -0.303 e. The van der Waals surface area contributed by atoms with Crippen molar-refractivity contribution in [2.24, 2.45) is 20.0 Å². The lowest BCUT2D eigenvalue weighted by molar-refractivity contribution is 0.127. The van der Waals surface area contributed by atoms with Crippen LogP contribution in [0.3, 0.4) is 0 Å². The highest BCUT2D eigenvalue weighted by Gasteiger charge is 2.23. The van der Waals surface area contributed by atoms with Crippen molar-refractivity contribution >= 4 is 0 Å². The van der Waals surface area contributed by atoms with Gasteiger partial charge in [-0.1, -0.05) is 12.8 Å². The molecule has 1 aromatic heterocycles. The zero-order chi connectivity index (χ0) is 17.8. The Hall–Kier alpha value is -1.40. The zero-order valence-corrected chi connectivity index (χ0v) is 15.7. The van der Waals surface area contributed by atoms with E-state index >= 15 is 0 Å². The maximum absolute atomic E-state index is 12.1. The largest absolute Gasteiger partial charge is 0.330 e. The Bertz CT molecular complexity index is 686. The van der Waals surface area contributed by atoms with E-state index in [-0.39, 0.29) is 11.2 Å². The lowest BCUT2D eigenvalue weighted by atomic mass is 9.97. The molecular weight excluding hydrogens is 316 g/mol. The van der Waals surface area contributed by atoms with Gasteiger partial charge in [0.1, 0.15) is 0 Å². The minimum atomic E-state index is -0.236. The van der Waals surface area contributed by atoms with Crippen molar-refractivity contribution in [1.29, 1.82) is 0 Å². The summed E-state index contributed by atoms with van der Waals surface area (Å²) in [6, 6.07) is 1.61. The average Bonchev–Trinajstić information content (AvgIpc) is 2.87. The van der Waals surface area contributed by atoms with E-state index in [1.54, 1.807) is 17.7 Å². The molecular formula is C19H32N4O2. The van der Waals surface area contributed by atoms with E-state index in [1.807, 2.05) is 0 Å². The van der Waals surface area contributed by atoms with Gasteiger partial charge >= 0.3 is 5.69 Å². The Kier molecular flexibility index (Phi) is 6.12. The lowest BCUT2D eigenvalue weighted by Gasteiger charge is -2.35. The van der Waals surface area contributed by atoms with Crippen molar-refractivity contribution in [2.75, 3.05) is 32.7 Å². The number of likely N-dealkylation sites (tertiary alicyclic amines) is 2. The fourth-order valence-electron chi connectivity index (χ4n) is 4.29. The summed E-state index contributed by atoms with van der Waals surface area (Å²) in [6.07, 6.45) is 7.94. The number of hydrogen-bond donors (Lipinski definition) is 0. The molecule has 0 aromatic carbocycles. The van der Waals surface area contributed by atoms with Crippen molar-refractivity contribution < 1.29 is 0 Å². The molecule has 0 radical (unpaired) electrons. The first-order chi connectivity index (χ1) is 12.0. The smallest absolute Gasteiger partial charge is 0.303 e. The Morgan fingerprint density at radius 2 is 1.60 bits per heavy atom. The summed E-state index contributed by atoms with van der Waals surface area (Å²) in [4.78, 5) is 29.1. The van der Waals surface area contributed by atoms with Crippen LogP contribution in [0.2, 0.25) is 0 Å². The van der Waals surface area contributed by atoms with Crippen LogP contribution >= 0.6 is 0 Å². The highest BCUT2D eigenvalue weighted by Crippen LogP contribution is 2.20. The monoisotopic (exact) mass is 348 g/mol. The number of piperidine rings is 1. The standard InChI is InChI=1S/C19H32N4O2/c1-20-17(12-18(24)21(2)19(20)25)15-23-11-7-8-16(14-23)13-22-9-5-3-4-6-10-22/h12,16H,3-11,13-15H2,1-2H3/t16-/m1/s1. The highest BCUT2D eigenvalue weighted by molar-refractivity contribution is 5.02. The number of rotatable bonds is 4. The van der Waals surface area contributed by atoms with Crippen LogP contribution in [0, 0.1) is 5.92 Å². The van der Waals surface area contributed by atoms with Crippen LogP contribution in [0.1, 0.15) is 44.2 Å². The van der Waals surface area contributed by atoms with E-state index in [0.29, 0.717) is 12.5 Å². The van der Waals surface area contributed by atoms with Crippen molar-refractivity contribution in [3.8, 4) is 0 Å². The van der Waals surface area contributed by atoms with Gasteiger partial charge < -0.3 is 4.90 Å². The van der Waals surface area contributed by atoms with Gasteiger partial charge in [-0.2, -0.15) is 0 Å². The van der Waals surface area contributed by atoms with Gasteiger partial charge in [-0.15, -0.1) is 0 Å². The second-order valence-corrected chi connectivity index (χ2v) is 7.83. The van der Waals surface area contributed by atoms with Crippen LogP contribution < -0.4 is 11.2 Å². The highest BCUT2D eigenvalue weighted by atomic mass is 16.2. The van der Waals surface area contributed by atoms with Gasteiger partial charge in [0.2, 0.25) is 0 Å². The molecule has 0 amide bonds. The number of nitrogens with zero attached hydrogens (tertiary/aromatic N) is 4. The zero-order valence-electron chi connectivity index (χ0n) is 15.7. The topological polar surface area (TPSA) is 50.5 Å². The number of hydrogen-bond acceptors (Lipinski definition) is 4. The van der Waals surface area contributed by atoms with Crippen LogP contribution in [0.25, 0.3) is 0 Å². The third kappa shape index (κ3) is 4.61. The fraction of sp³-hybridized carbons (Fsp3) is 0.789. The van der Waals surface area contributed by atoms with Gasteiger partial charge in [0, 0.05) is 45.5 Å². The van der Waals surface area contributed by atoms with E-state index in [9.17, 15) is 9.59 Å². The molecule has 0 aliphatic carbocycles. The maximum atomic E-state index is 12.1. The molecule has 2 aliphatic heterocycles. The van der Waals surface area contributed by atoms with Gasteiger partial charge in [-0.3, -0.25) is 18.8 Å². The molecule has 0 bridgehead atoms. The first kappa shape index (κ1) is 18.4. The van der Waals surface area contributed by atoms with Crippen LogP contribution in [0.15, 0.2) is 15.7 Å². The fourth-order valence-corrected chi connectivity index (χ4v) is 4.29. The summed E-state index contributed by atoms with van der Waals surface area (Å²) in [5, 5.41) is 0. The Morgan fingerprint density at radius 1 is 0.920 bits per heavy atom. The van der Waals surface area contributed by atoms with Crippen LogP contribution in [0.4, 0.5) is 0 Å². The average molecular weight is 348 g/mol. The Balaban J connectivity index is 1.62. The maximum Gasteiger partial charge on any atom is 0.330 e. The second kappa shape index (κ2) is 8.32. The van der Waals surface area contributed by atoms with Gasteiger partial charge in [-0.25, -0.2) is 4.79 Å². The molecule has 25 heavy (non-hydrogen) atoms. The predicted octanol–water partition coefficient (Wildman–Crippen LogP) is 1.17. The summed E-state index contributed by atoms with van der Waals surface area (Å²) in [6.45, 7) is 6.52. The van der Waals surface area contributed by atoms with E-state index in [1.165, 1.54) is 69.8 Å². The molecule has 6 heteroatoms. The predicted molar refractivity (Wildman–Crippen MR) is 99.8 cm³/mol. The third-order valence-corrected chi connectivity index (χ3v) is 5.83. The summed E-state index contributed by atoms with van der Waals surface area (Å²) in [5.74, 6) is 0.704. The van der Waals surface area contributed by atoms with Gasteiger partial charge in [0.05, 0.1) is 0 Å². The van der Waals surface area contributed by atoms with Gasteiger partial charge in [0.15, 0.2) is 0 Å². The molecule has 2 saturated heterocycles. The molecule has 1 atom stereocenters. The molecule has 2 fully saturated rings. The molecule has 3 rings (SSSR count). The SMILES string of the molecule is Cn1c(CN2CCC[C@H](CN3CCCCCC3)C2)cc(=O)n(C)c1=O. The molecule has 3 heterocycles. The van der Waals surface area contributed by atoms with E-state index in [4.69, 9.17) is 0 Å². The molecule has 6 nitrogen and oxygen atoms in total. The summed E-state index contributed by atoms with van der Waals surface area (Å²) in [7, 11) is 3.29. The molecule has 2 aliphatic rings. The van der Waals surface area contributed by atoms with E-state index < -0.39 is 0 Å². The van der Waals surface area contributed by atoms with E-state index in [0.717, 1.165) is 18.8 Å². The van der Waals surface area contributed by atoms with Gasteiger partial charge in [0.25, 0.3) is 5.56 Å². The Labute approximate surface area is 150 Å². The second-order valence-electron chi connectivity index (χ2n) is 7.83. The lowest BCUT2D eigenvalue weighted by Crippen LogP contribution is -2.43. The van der Waals surface area contributed by atoms with Crippen LogP contribution in [0.5, 0.6) is 0 Å². The van der Waals surface area contributed by atoms with Crippen molar-refractivity contribution in [3.63, 3.8) is 0 Å². The first-order valence-electron chi connectivity index (χ1n) is 9.75. The summed E-state index contributed by atoms with van der Waals surface area (Å²) >= 11 is 0.